The monoisotopic (exact) mass is 428 g/mol. The molecule has 0 aromatic heterocycles. The molecule has 0 aromatic carbocycles. The van der Waals surface area contributed by atoms with E-state index in [1.807, 2.05) is 0 Å². The maximum Gasteiger partial charge on any atom is 0.110 e. The predicted octanol–water partition coefficient (Wildman–Crippen LogP) is 5.66. The van der Waals surface area contributed by atoms with E-state index < -0.39 is 5.60 Å². The lowest BCUT2D eigenvalue weighted by molar-refractivity contribution is -0.157. The standard InChI is InChI=1S/C28H44O3/c1-17(2)18(3)7-8-19(4)21-9-10-22-23-15-24-28(31-24)16-20(29)11-12-26(28,6)27(23,30)14-13-25(21,22)5/h7-8,15,17-22,24,29-30H,9-14,16H2,1-6H3/b8-7+/t18-,19-,20+,21-,22+,24+,25-,26-,27-,28+/m1/s1. The Labute approximate surface area is 189 Å². The third-order valence-electron chi connectivity index (χ3n) is 11.1. The minimum atomic E-state index is -0.773. The summed E-state index contributed by atoms with van der Waals surface area (Å²) in [5.41, 5.74) is 0.170. The van der Waals surface area contributed by atoms with Gasteiger partial charge in [0.1, 0.15) is 11.7 Å². The third kappa shape index (κ3) is 2.81. The van der Waals surface area contributed by atoms with Crippen molar-refractivity contribution >= 4 is 0 Å². The number of epoxide rings is 1. The van der Waals surface area contributed by atoms with Crippen molar-refractivity contribution in [2.45, 2.75) is 110 Å². The first-order chi connectivity index (χ1) is 14.5. The van der Waals surface area contributed by atoms with E-state index in [-0.39, 0.29) is 28.6 Å². The molecule has 0 bridgehead atoms. The van der Waals surface area contributed by atoms with Crippen LogP contribution in [0, 0.1) is 40.4 Å². The van der Waals surface area contributed by atoms with E-state index in [1.54, 1.807) is 0 Å². The largest absolute Gasteiger partial charge is 0.393 e. The van der Waals surface area contributed by atoms with Gasteiger partial charge in [0.2, 0.25) is 0 Å². The van der Waals surface area contributed by atoms with E-state index in [2.05, 4.69) is 59.8 Å². The number of aliphatic hydroxyl groups excluding tert-OH is 1. The van der Waals surface area contributed by atoms with Gasteiger partial charge < -0.3 is 14.9 Å². The van der Waals surface area contributed by atoms with Crippen LogP contribution in [-0.2, 0) is 4.74 Å². The Kier molecular flexibility index (Phi) is 4.96. The number of rotatable bonds is 4. The van der Waals surface area contributed by atoms with Gasteiger partial charge in [-0.25, -0.2) is 0 Å². The van der Waals surface area contributed by atoms with Gasteiger partial charge >= 0.3 is 0 Å². The number of aliphatic hydroxyl groups is 2. The SMILES string of the molecule is CC(C)[C@H](C)/C=C/[C@@H](C)[C@H]1CC[C@H]2C3=C[C@@H]4O[C@@]45C[C@@H](O)CC[C@]5(C)[C@@]3(O)CC[C@]12C. The molecule has 0 unspecified atom stereocenters. The molecule has 1 heterocycles. The molecule has 31 heavy (non-hydrogen) atoms. The third-order valence-corrected chi connectivity index (χ3v) is 11.1. The zero-order valence-electron chi connectivity index (χ0n) is 20.5. The van der Waals surface area contributed by atoms with Crippen LogP contribution in [0.2, 0.25) is 0 Å². The molecule has 1 aliphatic heterocycles. The molecule has 174 valence electrons. The molecule has 0 aromatic rings. The van der Waals surface area contributed by atoms with Crippen LogP contribution in [0.15, 0.2) is 23.8 Å². The minimum Gasteiger partial charge on any atom is -0.393 e. The maximum absolute atomic E-state index is 12.3. The van der Waals surface area contributed by atoms with E-state index in [4.69, 9.17) is 4.74 Å². The van der Waals surface area contributed by atoms with Crippen LogP contribution in [0.3, 0.4) is 0 Å². The fourth-order valence-electron chi connectivity index (χ4n) is 8.47. The highest BCUT2D eigenvalue weighted by Crippen LogP contribution is 2.73. The average molecular weight is 429 g/mol. The summed E-state index contributed by atoms with van der Waals surface area (Å²) in [5.74, 6) is 3.00. The van der Waals surface area contributed by atoms with Crippen molar-refractivity contribution < 1.29 is 14.9 Å². The van der Waals surface area contributed by atoms with Gasteiger partial charge in [0.15, 0.2) is 0 Å². The van der Waals surface area contributed by atoms with Crippen molar-refractivity contribution in [3.63, 3.8) is 0 Å². The topological polar surface area (TPSA) is 53.0 Å². The summed E-state index contributed by atoms with van der Waals surface area (Å²) in [6, 6.07) is 0. The molecular formula is C28H44O3. The normalized spacial score (nSPS) is 52.7. The number of allylic oxidation sites excluding steroid dienone is 2. The highest BCUT2D eigenvalue weighted by molar-refractivity contribution is 5.44. The Bertz CT molecular complexity index is 800. The van der Waals surface area contributed by atoms with Crippen LogP contribution in [0.25, 0.3) is 0 Å². The summed E-state index contributed by atoms with van der Waals surface area (Å²) >= 11 is 0. The van der Waals surface area contributed by atoms with Crippen molar-refractivity contribution in [2.75, 3.05) is 0 Å². The smallest absolute Gasteiger partial charge is 0.110 e. The number of fused-ring (bicyclic) bond motifs is 4. The zero-order valence-corrected chi connectivity index (χ0v) is 20.5. The minimum absolute atomic E-state index is 0.0911. The fraction of sp³-hybridized carbons (Fsp3) is 0.857. The van der Waals surface area contributed by atoms with Crippen molar-refractivity contribution in [2.24, 2.45) is 40.4 Å². The van der Waals surface area contributed by atoms with Gasteiger partial charge in [0.25, 0.3) is 0 Å². The molecule has 1 saturated heterocycles. The van der Waals surface area contributed by atoms with Crippen molar-refractivity contribution in [1.29, 1.82) is 0 Å². The lowest BCUT2D eigenvalue weighted by Crippen LogP contribution is -2.65. The van der Waals surface area contributed by atoms with Gasteiger partial charge in [-0.1, -0.05) is 59.8 Å². The van der Waals surface area contributed by atoms with Crippen LogP contribution >= 0.6 is 0 Å². The molecular weight excluding hydrogens is 384 g/mol. The highest BCUT2D eigenvalue weighted by atomic mass is 16.6. The van der Waals surface area contributed by atoms with Crippen LogP contribution < -0.4 is 0 Å². The second-order valence-electron chi connectivity index (χ2n) is 12.7. The first kappa shape index (κ1) is 22.2. The number of hydrogen-bond donors (Lipinski definition) is 2. The average Bonchev–Trinajstić information content (AvgIpc) is 3.29. The molecule has 4 aliphatic carbocycles. The van der Waals surface area contributed by atoms with Gasteiger partial charge in [-0.2, -0.15) is 0 Å². The van der Waals surface area contributed by atoms with Gasteiger partial charge in [-0.15, -0.1) is 0 Å². The first-order valence-corrected chi connectivity index (χ1v) is 13.0. The Morgan fingerprint density at radius 2 is 1.77 bits per heavy atom. The van der Waals surface area contributed by atoms with E-state index in [1.165, 1.54) is 18.4 Å². The van der Waals surface area contributed by atoms with Gasteiger partial charge in [-0.3, -0.25) is 0 Å². The molecule has 0 amide bonds. The van der Waals surface area contributed by atoms with Crippen molar-refractivity contribution in [3.05, 3.63) is 23.8 Å². The van der Waals surface area contributed by atoms with E-state index in [0.29, 0.717) is 36.0 Å². The molecule has 4 fully saturated rings. The van der Waals surface area contributed by atoms with Crippen LogP contribution in [-0.4, -0.2) is 33.6 Å². The van der Waals surface area contributed by atoms with Gasteiger partial charge in [0, 0.05) is 11.8 Å². The second kappa shape index (κ2) is 6.93. The summed E-state index contributed by atoms with van der Waals surface area (Å²) in [4.78, 5) is 0. The van der Waals surface area contributed by atoms with Crippen LogP contribution in [0.4, 0.5) is 0 Å². The molecule has 3 saturated carbocycles. The summed E-state index contributed by atoms with van der Waals surface area (Å²) < 4.78 is 6.34. The lowest BCUT2D eigenvalue weighted by atomic mass is 9.45. The molecule has 10 atom stereocenters. The zero-order chi connectivity index (χ0) is 22.4. The second-order valence-corrected chi connectivity index (χ2v) is 12.7. The summed E-state index contributed by atoms with van der Waals surface area (Å²) in [7, 11) is 0. The Morgan fingerprint density at radius 3 is 2.48 bits per heavy atom. The summed E-state index contributed by atoms with van der Waals surface area (Å²) in [5, 5.41) is 22.7. The van der Waals surface area contributed by atoms with Crippen LogP contribution in [0.5, 0.6) is 0 Å². The van der Waals surface area contributed by atoms with Gasteiger partial charge in [0.05, 0.1) is 11.7 Å². The van der Waals surface area contributed by atoms with E-state index in [0.717, 1.165) is 25.7 Å². The molecule has 5 aliphatic rings. The first-order valence-electron chi connectivity index (χ1n) is 13.0. The number of hydrogen-bond acceptors (Lipinski definition) is 3. The quantitative estimate of drug-likeness (QED) is 0.449. The van der Waals surface area contributed by atoms with E-state index in [9.17, 15) is 10.2 Å². The molecule has 2 N–H and O–H groups in total. The van der Waals surface area contributed by atoms with Crippen molar-refractivity contribution in [1.82, 2.24) is 0 Å². The molecule has 5 rings (SSSR count). The Hall–Kier alpha value is -0.640. The Balaban J connectivity index is 1.44. The maximum atomic E-state index is 12.3. The van der Waals surface area contributed by atoms with E-state index >= 15 is 0 Å². The predicted molar refractivity (Wildman–Crippen MR) is 124 cm³/mol. The molecule has 1 spiro atoms. The van der Waals surface area contributed by atoms with Crippen molar-refractivity contribution in [3.8, 4) is 0 Å². The highest BCUT2D eigenvalue weighted by Gasteiger charge is 2.78. The summed E-state index contributed by atoms with van der Waals surface area (Å²) in [6.45, 7) is 14.1. The number of ether oxygens (including phenoxy) is 1. The molecule has 0 radical (unpaired) electrons. The fourth-order valence-corrected chi connectivity index (χ4v) is 8.47. The molecule has 3 heteroatoms. The lowest BCUT2D eigenvalue weighted by Gasteiger charge is -2.60. The Morgan fingerprint density at radius 1 is 1.03 bits per heavy atom. The van der Waals surface area contributed by atoms with Crippen LogP contribution in [0.1, 0.15) is 86.5 Å². The van der Waals surface area contributed by atoms with Gasteiger partial charge in [-0.05, 0) is 79.1 Å². The molecule has 3 nitrogen and oxygen atoms in total. The summed E-state index contributed by atoms with van der Waals surface area (Å²) in [6.07, 6.45) is 13.7.